The molecule has 6 heteroatoms. The third-order valence-corrected chi connectivity index (χ3v) is 3.11. The predicted molar refractivity (Wildman–Crippen MR) is 77.9 cm³/mol. The third kappa shape index (κ3) is 2.85. The number of aromatic hydroxyl groups is 2. The van der Waals surface area contributed by atoms with Crippen molar-refractivity contribution in [3.05, 3.63) is 47.5 Å². The van der Waals surface area contributed by atoms with Gasteiger partial charge in [-0.1, -0.05) is 0 Å². The summed E-state index contributed by atoms with van der Waals surface area (Å²) in [7, 11) is 2.43. The lowest BCUT2D eigenvalue weighted by Crippen LogP contribution is -2.07. The van der Waals surface area contributed by atoms with Crippen LogP contribution in [0.25, 0.3) is 11.1 Å². The van der Waals surface area contributed by atoms with Crippen LogP contribution in [0.15, 0.2) is 36.4 Å². The molecule has 2 aromatic rings. The Labute approximate surface area is 126 Å². The van der Waals surface area contributed by atoms with Crippen LogP contribution in [-0.4, -0.2) is 36.4 Å². The predicted octanol–water partition coefficient (Wildman–Crippen LogP) is 2.34. The number of phenolic OH excluding ortho intramolecular Hbond substituents is 2. The average molecular weight is 302 g/mol. The fraction of sp³-hybridized carbons (Fsp3) is 0.125. The summed E-state index contributed by atoms with van der Waals surface area (Å²) < 4.78 is 9.38. The van der Waals surface area contributed by atoms with Crippen molar-refractivity contribution in [1.82, 2.24) is 0 Å². The number of methoxy groups -OCH3 is 2. The fourth-order valence-electron chi connectivity index (χ4n) is 2.09. The Morgan fingerprint density at radius 3 is 1.45 bits per heavy atom. The van der Waals surface area contributed by atoms with Gasteiger partial charge in [0, 0.05) is 0 Å². The lowest BCUT2D eigenvalue weighted by Gasteiger charge is -2.12. The Morgan fingerprint density at radius 1 is 0.773 bits per heavy atom. The normalized spacial score (nSPS) is 10.1. The first-order valence-corrected chi connectivity index (χ1v) is 6.31. The van der Waals surface area contributed by atoms with Crippen LogP contribution in [0.5, 0.6) is 11.5 Å². The van der Waals surface area contributed by atoms with Gasteiger partial charge >= 0.3 is 11.9 Å². The van der Waals surface area contributed by atoms with E-state index >= 15 is 0 Å². The molecule has 0 spiro atoms. The third-order valence-electron chi connectivity index (χ3n) is 3.11. The highest BCUT2D eigenvalue weighted by molar-refractivity contribution is 6.03. The quantitative estimate of drug-likeness (QED) is 0.845. The van der Waals surface area contributed by atoms with Crippen LogP contribution >= 0.6 is 0 Å². The summed E-state index contributed by atoms with van der Waals surface area (Å²) >= 11 is 0. The van der Waals surface area contributed by atoms with Crippen LogP contribution in [0.3, 0.4) is 0 Å². The van der Waals surface area contributed by atoms with Crippen LogP contribution in [0.2, 0.25) is 0 Å². The maximum Gasteiger partial charge on any atom is 0.338 e. The fourth-order valence-corrected chi connectivity index (χ4v) is 2.09. The minimum absolute atomic E-state index is 0.0957. The van der Waals surface area contributed by atoms with Crippen LogP contribution in [-0.2, 0) is 9.47 Å². The summed E-state index contributed by atoms with van der Waals surface area (Å²) in [4.78, 5) is 23.8. The molecule has 0 saturated heterocycles. The van der Waals surface area contributed by atoms with E-state index in [4.69, 9.17) is 0 Å². The largest absolute Gasteiger partial charge is 0.508 e. The summed E-state index contributed by atoms with van der Waals surface area (Å²) in [5.74, 6) is -1.53. The highest BCUT2D eigenvalue weighted by Gasteiger charge is 2.20. The molecule has 0 unspecified atom stereocenters. The Balaban J connectivity index is 2.72. The van der Waals surface area contributed by atoms with Gasteiger partial charge in [-0.15, -0.1) is 0 Å². The average Bonchev–Trinajstić information content (AvgIpc) is 2.53. The van der Waals surface area contributed by atoms with E-state index in [9.17, 15) is 19.8 Å². The first-order chi connectivity index (χ1) is 10.5. The van der Waals surface area contributed by atoms with Gasteiger partial charge in [0.2, 0.25) is 0 Å². The van der Waals surface area contributed by atoms with E-state index in [1.165, 1.54) is 50.6 Å². The van der Waals surface area contributed by atoms with E-state index in [0.29, 0.717) is 11.1 Å². The van der Waals surface area contributed by atoms with E-state index in [0.717, 1.165) is 0 Å². The molecule has 0 heterocycles. The van der Waals surface area contributed by atoms with Gasteiger partial charge in [0.05, 0.1) is 25.3 Å². The summed E-state index contributed by atoms with van der Waals surface area (Å²) in [5.41, 5.74) is 0.951. The van der Waals surface area contributed by atoms with Crippen molar-refractivity contribution in [2.45, 2.75) is 0 Å². The highest BCUT2D eigenvalue weighted by atomic mass is 16.5. The lowest BCUT2D eigenvalue weighted by molar-refractivity contribution is 0.0589. The molecule has 0 aromatic heterocycles. The van der Waals surface area contributed by atoms with Crippen LogP contribution in [0.4, 0.5) is 0 Å². The van der Waals surface area contributed by atoms with Crippen molar-refractivity contribution >= 4 is 11.9 Å². The van der Waals surface area contributed by atoms with Gasteiger partial charge in [-0.2, -0.15) is 0 Å². The molecule has 2 aromatic carbocycles. The number of carbonyl (C=O) groups is 2. The maximum atomic E-state index is 11.9. The zero-order valence-electron chi connectivity index (χ0n) is 12.0. The number of phenols is 2. The lowest BCUT2D eigenvalue weighted by atomic mass is 9.95. The van der Waals surface area contributed by atoms with Gasteiger partial charge in [-0.3, -0.25) is 0 Å². The molecule has 2 rings (SSSR count). The standard InChI is InChI=1S/C16H14O6/c1-21-15(19)13-7-9(17)3-5-11(13)12-6-4-10(18)8-14(12)16(20)22-2/h3-8,17-18H,1-2H3. The molecular weight excluding hydrogens is 288 g/mol. The van der Waals surface area contributed by atoms with Gasteiger partial charge in [0.15, 0.2) is 0 Å². The molecule has 6 nitrogen and oxygen atoms in total. The zero-order chi connectivity index (χ0) is 16.3. The van der Waals surface area contributed by atoms with Crippen LogP contribution < -0.4 is 0 Å². The number of hydrogen-bond acceptors (Lipinski definition) is 6. The number of hydrogen-bond donors (Lipinski definition) is 2. The molecule has 0 bridgehead atoms. The summed E-state index contributed by atoms with van der Waals surface area (Å²) in [5, 5.41) is 19.1. The Hall–Kier alpha value is -3.02. The van der Waals surface area contributed by atoms with E-state index in [-0.39, 0.29) is 22.6 Å². The molecule has 22 heavy (non-hydrogen) atoms. The van der Waals surface area contributed by atoms with Crippen molar-refractivity contribution < 1.29 is 29.3 Å². The minimum Gasteiger partial charge on any atom is -0.508 e. The second-order valence-electron chi connectivity index (χ2n) is 4.44. The summed E-state index contributed by atoms with van der Waals surface area (Å²) in [6, 6.07) is 8.23. The first-order valence-electron chi connectivity index (χ1n) is 6.31. The Kier molecular flexibility index (Phi) is 4.31. The zero-order valence-corrected chi connectivity index (χ0v) is 12.0. The van der Waals surface area contributed by atoms with E-state index in [1.807, 2.05) is 0 Å². The maximum absolute atomic E-state index is 11.9. The Bertz CT molecular complexity index is 672. The highest BCUT2D eigenvalue weighted by Crippen LogP contribution is 2.32. The summed E-state index contributed by atoms with van der Waals surface area (Å²) in [6.45, 7) is 0. The molecule has 2 N–H and O–H groups in total. The van der Waals surface area contributed by atoms with Gasteiger partial charge in [0.25, 0.3) is 0 Å². The van der Waals surface area contributed by atoms with Gasteiger partial charge < -0.3 is 19.7 Å². The molecule has 0 amide bonds. The van der Waals surface area contributed by atoms with E-state index in [2.05, 4.69) is 9.47 Å². The molecular formula is C16H14O6. The topological polar surface area (TPSA) is 93.1 Å². The molecule has 0 atom stereocenters. The second kappa shape index (κ2) is 6.17. The minimum atomic E-state index is -0.658. The monoisotopic (exact) mass is 302 g/mol. The summed E-state index contributed by atoms with van der Waals surface area (Å²) in [6.07, 6.45) is 0. The number of rotatable bonds is 3. The van der Waals surface area contributed by atoms with Crippen LogP contribution in [0, 0.1) is 0 Å². The molecule has 0 aliphatic rings. The SMILES string of the molecule is COC(=O)c1cc(O)ccc1-c1ccc(O)cc1C(=O)OC. The first kappa shape index (κ1) is 15.4. The number of esters is 2. The number of benzene rings is 2. The molecule has 114 valence electrons. The van der Waals surface area contributed by atoms with E-state index in [1.54, 1.807) is 0 Å². The molecule has 0 radical (unpaired) electrons. The van der Waals surface area contributed by atoms with Crippen molar-refractivity contribution in [2.24, 2.45) is 0 Å². The molecule has 0 fully saturated rings. The van der Waals surface area contributed by atoms with Gasteiger partial charge in [0.1, 0.15) is 11.5 Å². The van der Waals surface area contributed by atoms with Crippen molar-refractivity contribution in [2.75, 3.05) is 14.2 Å². The smallest absolute Gasteiger partial charge is 0.338 e. The van der Waals surface area contributed by atoms with Gasteiger partial charge in [-0.25, -0.2) is 9.59 Å². The van der Waals surface area contributed by atoms with Crippen LogP contribution in [0.1, 0.15) is 20.7 Å². The molecule has 0 aliphatic heterocycles. The Morgan fingerprint density at radius 2 is 1.14 bits per heavy atom. The molecule has 0 saturated carbocycles. The van der Waals surface area contributed by atoms with Crippen molar-refractivity contribution in [3.8, 4) is 22.6 Å². The van der Waals surface area contributed by atoms with Crippen molar-refractivity contribution in [1.29, 1.82) is 0 Å². The van der Waals surface area contributed by atoms with Crippen molar-refractivity contribution in [3.63, 3.8) is 0 Å². The van der Waals surface area contributed by atoms with Gasteiger partial charge in [-0.05, 0) is 47.5 Å². The second-order valence-corrected chi connectivity index (χ2v) is 4.44. The molecule has 0 aliphatic carbocycles. The number of carbonyl (C=O) groups excluding carboxylic acids is 2. The van der Waals surface area contributed by atoms with E-state index < -0.39 is 11.9 Å². The number of ether oxygens (including phenoxy) is 2.